The van der Waals surface area contributed by atoms with Gasteiger partial charge in [0.1, 0.15) is 11.3 Å². The molecule has 9 heteroatoms. The van der Waals surface area contributed by atoms with Crippen LogP contribution in [-0.2, 0) is 4.74 Å². The second-order valence-electron chi connectivity index (χ2n) is 6.16. The Labute approximate surface area is 181 Å². The first kappa shape index (κ1) is 20.1. The molecule has 152 valence electrons. The fraction of sp³-hybridized carbons (Fsp3) is 0.143. The molecular weight excluding hydrogens is 424 g/mol. The Kier molecular flexibility index (Phi) is 5.78. The summed E-state index contributed by atoms with van der Waals surface area (Å²) in [5, 5.41) is 4.35. The average Bonchev–Trinajstić information content (AvgIpc) is 3.15. The Balaban J connectivity index is 1.73. The fourth-order valence-corrected chi connectivity index (χ4v) is 3.91. The van der Waals surface area contributed by atoms with Crippen molar-refractivity contribution >= 4 is 50.1 Å². The topological polar surface area (TPSA) is 86.2 Å². The number of rotatable bonds is 6. The van der Waals surface area contributed by atoms with E-state index in [0.29, 0.717) is 21.8 Å². The van der Waals surface area contributed by atoms with E-state index in [4.69, 9.17) is 21.1 Å². The van der Waals surface area contributed by atoms with Gasteiger partial charge in [0.25, 0.3) is 0 Å². The second kappa shape index (κ2) is 8.64. The van der Waals surface area contributed by atoms with E-state index in [0.717, 1.165) is 21.5 Å². The largest absolute Gasteiger partial charge is 0.497 e. The molecule has 0 unspecified atom stereocenters. The zero-order valence-electron chi connectivity index (χ0n) is 16.2. The number of fused-ring (bicyclic) bond motifs is 1. The minimum absolute atomic E-state index is 0.228. The third-order valence-electron chi connectivity index (χ3n) is 4.21. The van der Waals surface area contributed by atoms with Gasteiger partial charge in [0, 0.05) is 16.8 Å². The summed E-state index contributed by atoms with van der Waals surface area (Å²) >= 11 is 7.48. The number of nitrogens with one attached hydrogen (secondary N) is 1. The number of ether oxygens (including phenoxy) is 2. The van der Waals surface area contributed by atoms with E-state index < -0.39 is 5.97 Å². The highest BCUT2D eigenvalue weighted by atomic mass is 35.5. The van der Waals surface area contributed by atoms with E-state index in [-0.39, 0.29) is 12.2 Å². The molecule has 0 saturated heterocycles. The molecule has 2 aromatic carbocycles. The maximum absolute atomic E-state index is 12.4. The van der Waals surface area contributed by atoms with Gasteiger partial charge in [0.05, 0.1) is 23.9 Å². The highest BCUT2D eigenvalue weighted by molar-refractivity contribution is 7.22. The SMILES string of the molecule is CCOC(=O)c1cnc(-c2ccc(OC)cc2)nc1Nc1nc2ccc(Cl)cc2s1. The molecule has 0 bridgehead atoms. The van der Waals surface area contributed by atoms with Crippen LogP contribution in [0.3, 0.4) is 0 Å². The number of aromatic nitrogens is 3. The van der Waals surface area contributed by atoms with Gasteiger partial charge in [0.2, 0.25) is 0 Å². The monoisotopic (exact) mass is 440 g/mol. The number of hydrogen-bond donors (Lipinski definition) is 1. The van der Waals surface area contributed by atoms with Crippen molar-refractivity contribution in [1.29, 1.82) is 0 Å². The third kappa shape index (κ3) is 4.19. The molecule has 4 rings (SSSR count). The van der Waals surface area contributed by atoms with Crippen molar-refractivity contribution in [3.8, 4) is 17.1 Å². The normalized spacial score (nSPS) is 10.8. The number of carbonyl (C=O) groups is 1. The lowest BCUT2D eigenvalue weighted by molar-refractivity contribution is 0.0526. The molecular formula is C21H17ClN4O3S. The summed E-state index contributed by atoms with van der Waals surface area (Å²) in [7, 11) is 1.60. The highest BCUT2D eigenvalue weighted by Gasteiger charge is 2.18. The maximum atomic E-state index is 12.4. The number of halogens is 1. The van der Waals surface area contributed by atoms with Crippen molar-refractivity contribution in [3.63, 3.8) is 0 Å². The lowest BCUT2D eigenvalue weighted by Gasteiger charge is -2.10. The van der Waals surface area contributed by atoms with E-state index in [2.05, 4.69) is 20.3 Å². The third-order valence-corrected chi connectivity index (χ3v) is 5.38. The van der Waals surface area contributed by atoms with Crippen LogP contribution < -0.4 is 10.1 Å². The summed E-state index contributed by atoms with van der Waals surface area (Å²) in [5.74, 6) is 0.996. The lowest BCUT2D eigenvalue weighted by atomic mass is 10.2. The first-order valence-corrected chi connectivity index (χ1v) is 10.3. The molecule has 0 spiro atoms. The molecule has 1 N–H and O–H groups in total. The Hall–Kier alpha value is -3.23. The molecule has 0 aliphatic heterocycles. The van der Waals surface area contributed by atoms with Gasteiger partial charge in [-0.15, -0.1) is 0 Å². The lowest BCUT2D eigenvalue weighted by Crippen LogP contribution is -2.11. The van der Waals surface area contributed by atoms with Gasteiger partial charge in [-0.25, -0.2) is 19.7 Å². The predicted octanol–water partition coefficient (Wildman–Crippen LogP) is 5.34. The second-order valence-corrected chi connectivity index (χ2v) is 7.63. The first-order valence-electron chi connectivity index (χ1n) is 9.09. The highest BCUT2D eigenvalue weighted by Crippen LogP contribution is 2.31. The van der Waals surface area contributed by atoms with E-state index in [1.54, 1.807) is 20.1 Å². The Morgan fingerprint density at radius 1 is 1.17 bits per heavy atom. The molecule has 0 atom stereocenters. The summed E-state index contributed by atoms with van der Waals surface area (Å²) in [6.07, 6.45) is 1.46. The van der Waals surface area contributed by atoms with Crippen LogP contribution in [0.15, 0.2) is 48.7 Å². The number of hydrogen-bond acceptors (Lipinski definition) is 8. The van der Waals surface area contributed by atoms with Gasteiger partial charge in [0.15, 0.2) is 16.8 Å². The average molecular weight is 441 g/mol. The van der Waals surface area contributed by atoms with Crippen molar-refractivity contribution < 1.29 is 14.3 Å². The van der Waals surface area contributed by atoms with Gasteiger partial charge >= 0.3 is 5.97 Å². The van der Waals surface area contributed by atoms with E-state index >= 15 is 0 Å². The van der Waals surface area contributed by atoms with Crippen LogP contribution in [0.1, 0.15) is 17.3 Å². The van der Waals surface area contributed by atoms with Crippen LogP contribution in [0.5, 0.6) is 5.75 Å². The maximum Gasteiger partial charge on any atom is 0.343 e. The van der Waals surface area contributed by atoms with Crippen LogP contribution in [0.25, 0.3) is 21.6 Å². The van der Waals surface area contributed by atoms with Crippen LogP contribution in [0, 0.1) is 0 Å². The van der Waals surface area contributed by atoms with Gasteiger partial charge in [-0.1, -0.05) is 22.9 Å². The first-order chi connectivity index (χ1) is 14.6. The molecule has 4 aromatic rings. The van der Waals surface area contributed by atoms with E-state index in [9.17, 15) is 4.79 Å². The number of thiazole rings is 1. The van der Waals surface area contributed by atoms with Crippen molar-refractivity contribution in [2.24, 2.45) is 0 Å². The molecule has 0 aliphatic carbocycles. The number of nitrogens with zero attached hydrogens (tertiary/aromatic N) is 3. The predicted molar refractivity (Wildman–Crippen MR) is 118 cm³/mol. The molecule has 30 heavy (non-hydrogen) atoms. The number of methoxy groups -OCH3 is 1. The van der Waals surface area contributed by atoms with Crippen molar-refractivity contribution in [3.05, 3.63) is 59.2 Å². The van der Waals surface area contributed by atoms with Crippen molar-refractivity contribution in [2.45, 2.75) is 6.92 Å². The molecule has 0 saturated carbocycles. The van der Waals surface area contributed by atoms with Crippen LogP contribution in [0.4, 0.5) is 10.9 Å². The van der Waals surface area contributed by atoms with Gasteiger partial charge < -0.3 is 14.8 Å². The van der Waals surface area contributed by atoms with Crippen LogP contribution >= 0.6 is 22.9 Å². The number of anilines is 2. The van der Waals surface area contributed by atoms with Crippen molar-refractivity contribution in [2.75, 3.05) is 19.0 Å². The fourth-order valence-electron chi connectivity index (χ4n) is 2.77. The molecule has 0 amide bonds. The molecule has 2 heterocycles. The van der Waals surface area contributed by atoms with Gasteiger partial charge in [-0.05, 0) is 49.4 Å². The zero-order chi connectivity index (χ0) is 21.1. The number of esters is 1. The summed E-state index contributed by atoms with van der Waals surface area (Å²) in [4.78, 5) is 25.8. The van der Waals surface area contributed by atoms with Gasteiger partial charge in [-0.2, -0.15) is 0 Å². The summed E-state index contributed by atoms with van der Waals surface area (Å²) in [6.45, 7) is 1.99. The number of carbonyl (C=O) groups excluding carboxylic acids is 1. The quantitative estimate of drug-likeness (QED) is 0.405. The zero-order valence-corrected chi connectivity index (χ0v) is 17.8. The van der Waals surface area contributed by atoms with Gasteiger partial charge in [-0.3, -0.25) is 0 Å². The minimum atomic E-state index is -0.509. The Morgan fingerprint density at radius 3 is 2.70 bits per heavy atom. The van der Waals surface area contributed by atoms with Crippen LogP contribution in [-0.4, -0.2) is 34.6 Å². The van der Waals surface area contributed by atoms with Crippen molar-refractivity contribution in [1.82, 2.24) is 15.0 Å². The molecule has 0 radical (unpaired) electrons. The standard InChI is InChI=1S/C21H17ClN4O3S/c1-3-29-20(27)15-11-23-18(12-4-7-14(28-2)8-5-12)25-19(15)26-21-24-16-9-6-13(22)10-17(16)30-21/h4-11H,3H2,1-2H3,(H,23,24,25,26). The van der Waals surface area contributed by atoms with E-state index in [1.165, 1.54) is 17.5 Å². The molecule has 2 aromatic heterocycles. The molecule has 0 aliphatic rings. The number of benzene rings is 2. The summed E-state index contributed by atoms with van der Waals surface area (Å²) in [5.41, 5.74) is 1.81. The Bertz CT molecular complexity index is 1210. The molecule has 0 fully saturated rings. The summed E-state index contributed by atoms with van der Waals surface area (Å²) < 4.78 is 11.3. The van der Waals surface area contributed by atoms with Crippen LogP contribution in [0.2, 0.25) is 5.02 Å². The smallest absolute Gasteiger partial charge is 0.343 e. The summed E-state index contributed by atoms with van der Waals surface area (Å²) in [6, 6.07) is 12.8. The Morgan fingerprint density at radius 2 is 1.97 bits per heavy atom. The molecule has 7 nitrogen and oxygen atoms in total. The minimum Gasteiger partial charge on any atom is -0.497 e. The van der Waals surface area contributed by atoms with E-state index in [1.807, 2.05) is 36.4 Å².